The summed E-state index contributed by atoms with van der Waals surface area (Å²) in [6.45, 7) is 0.850. The average molecular weight is 507 g/mol. The highest BCUT2D eigenvalue weighted by Gasteiger charge is 2.33. The number of nitrogens with zero attached hydrogens (tertiary/aromatic N) is 3. The zero-order valence-electron chi connectivity index (χ0n) is 17.8. The first-order chi connectivity index (χ1) is 15.8. The van der Waals surface area contributed by atoms with Crippen molar-refractivity contribution < 1.29 is 13.2 Å². The van der Waals surface area contributed by atoms with E-state index in [1.54, 1.807) is 30.7 Å². The lowest BCUT2D eigenvalue weighted by molar-refractivity contribution is -0.126. The van der Waals surface area contributed by atoms with Gasteiger partial charge in [-0.15, -0.1) is 0 Å². The quantitative estimate of drug-likeness (QED) is 0.523. The monoisotopic (exact) mass is 506 g/mol. The molecule has 0 saturated carbocycles. The molecule has 0 spiro atoms. The van der Waals surface area contributed by atoms with E-state index in [1.807, 2.05) is 35.0 Å². The van der Waals surface area contributed by atoms with E-state index in [0.29, 0.717) is 41.5 Å². The van der Waals surface area contributed by atoms with Gasteiger partial charge in [-0.25, -0.2) is 17.7 Å². The molecule has 1 fully saturated rings. The summed E-state index contributed by atoms with van der Waals surface area (Å²) in [5.74, 6) is -0.875. The Labute approximate surface area is 203 Å². The molecule has 0 aliphatic carbocycles. The molecule has 33 heavy (non-hydrogen) atoms. The van der Waals surface area contributed by atoms with E-state index in [1.165, 1.54) is 4.31 Å². The molecule has 0 bridgehead atoms. The van der Waals surface area contributed by atoms with Crippen LogP contribution in [0.4, 0.5) is 0 Å². The molecule has 0 radical (unpaired) electrons. The first-order valence-corrected chi connectivity index (χ1v) is 13.0. The normalized spacial score (nSPS) is 17.1. The molecule has 7 nitrogen and oxygen atoms in total. The first-order valence-electron chi connectivity index (χ1n) is 10.6. The smallest absolute Gasteiger partial charge is 0.224 e. The Morgan fingerprint density at radius 1 is 1.12 bits per heavy atom. The topological polar surface area (TPSA) is 84.3 Å². The van der Waals surface area contributed by atoms with E-state index in [4.69, 9.17) is 23.2 Å². The number of amides is 1. The van der Waals surface area contributed by atoms with E-state index in [9.17, 15) is 13.2 Å². The van der Waals surface area contributed by atoms with E-state index in [2.05, 4.69) is 10.3 Å². The fraction of sp³-hybridized carbons (Fsp3) is 0.304. The van der Waals surface area contributed by atoms with Crippen LogP contribution in [0.3, 0.4) is 0 Å². The number of para-hydroxylation sites is 1. The van der Waals surface area contributed by atoms with Crippen molar-refractivity contribution in [2.45, 2.75) is 25.1 Å². The molecule has 1 N–H and O–H groups in total. The van der Waals surface area contributed by atoms with Gasteiger partial charge in [0.25, 0.3) is 0 Å². The lowest BCUT2D eigenvalue weighted by atomic mass is 9.98. The molecule has 1 aliphatic rings. The summed E-state index contributed by atoms with van der Waals surface area (Å²) in [7, 11) is -3.68. The summed E-state index contributed by atoms with van der Waals surface area (Å²) in [6, 6.07) is 12.6. The molecule has 1 aromatic heterocycles. The molecule has 3 aromatic rings. The van der Waals surface area contributed by atoms with Crippen LogP contribution in [-0.2, 0) is 27.1 Å². The van der Waals surface area contributed by atoms with Gasteiger partial charge in [0.1, 0.15) is 0 Å². The van der Waals surface area contributed by atoms with Crippen LogP contribution in [0.15, 0.2) is 61.2 Å². The average Bonchev–Trinajstić information content (AvgIpc) is 3.35. The Morgan fingerprint density at radius 3 is 2.61 bits per heavy atom. The minimum Gasteiger partial charge on any atom is -0.352 e. The number of aromatic nitrogens is 2. The van der Waals surface area contributed by atoms with Crippen molar-refractivity contribution in [1.82, 2.24) is 19.2 Å². The van der Waals surface area contributed by atoms with E-state index < -0.39 is 15.9 Å². The van der Waals surface area contributed by atoms with Crippen LogP contribution in [0.1, 0.15) is 24.0 Å². The van der Waals surface area contributed by atoms with Gasteiger partial charge in [-0.2, -0.15) is 0 Å². The number of nitrogens with one attached hydrogen (secondary N) is 1. The number of hydrogen-bond donors (Lipinski definition) is 1. The summed E-state index contributed by atoms with van der Waals surface area (Å²) < 4.78 is 29.4. The van der Waals surface area contributed by atoms with Gasteiger partial charge in [-0.3, -0.25) is 4.79 Å². The standard InChI is InChI=1S/C23H24Cl2N4O3S/c24-20-7-3-8-21(25)19(20)15-33(31,32)29-11-4-6-18(14-29)23(30)27-13-17-5-1-2-9-22(17)28-12-10-26-16-28/h1-3,5,7-10,12,16,18H,4,6,11,13-15H2,(H,27,30)/t18-/m1/s1. The third kappa shape index (κ3) is 5.58. The summed E-state index contributed by atoms with van der Waals surface area (Å²) in [6.07, 6.45) is 6.49. The van der Waals surface area contributed by atoms with E-state index in [-0.39, 0.29) is 18.2 Å². The zero-order chi connectivity index (χ0) is 23.4. The maximum Gasteiger partial charge on any atom is 0.224 e. The van der Waals surface area contributed by atoms with Crippen molar-refractivity contribution in [2.75, 3.05) is 13.1 Å². The fourth-order valence-corrected chi connectivity index (χ4v) is 6.36. The third-order valence-corrected chi connectivity index (χ3v) is 8.24. The lowest BCUT2D eigenvalue weighted by Gasteiger charge is -2.31. The number of rotatable bonds is 7. The van der Waals surface area contributed by atoms with Gasteiger partial charge in [0.2, 0.25) is 15.9 Å². The van der Waals surface area contributed by atoms with Crippen molar-refractivity contribution in [1.29, 1.82) is 0 Å². The summed E-state index contributed by atoms with van der Waals surface area (Å²) in [4.78, 5) is 17.0. The maximum atomic E-state index is 13.1. The Hall–Kier alpha value is -2.39. The molecule has 1 amide bonds. The maximum absolute atomic E-state index is 13.1. The second-order valence-corrected chi connectivity index (χ2v) is 10.8. The Bertz CT molecular complexity index is 1210. The molecule has 1 aliphatic heterocycles. The summed E-state index contributed by atoms with van der Waals surface area (Å²) in [5, 5.41) is 3.60. The summed E-state index contributed by atoms with van der Waals surface area (Å²) >= 11 is 12.3. The van der Waals surface area contributed by atoms with Gasteiger partial charge < -0.3 is 9.88 Å². The van der Waals surface area contributed by atoms with Crippen LogP contribution in [-0.4, -0.2) is 41.3 Å². The first kappa shape index (κ1) is 23.8. The van der Waals surface area contributed by atoms with Crippen molar-refractivity contribution in [3.05, 3.63) is 82.4 Å². The summed E-state index contributed by atoms with van der Waals surface area (Å²) in [5.41, 5.74) is 2.25. The number of halogens is 2. The van der Waals surface area contributed by atoms with E-state index in [0.717, 1.165) is 11.3 Å². The molecule has 0 unspecified atom stereocenters. The Morgan fingerprint density at radius 2 is 1.88 bits per heavy atom. The second-order valence-electron chi connectivity index (χ2n) is 7.97. The molecule has 1 atom stereocenters. The predicted molar refractivity (Wildman–Crippen MR) is 129 cm³/mol. The number of imidazole rings is 1. The molecule has 4 rings (SSSR count). The number of piperidine rings is 1. The molecule has 2 aromatic carbocycles. The van der Waals surface area contributed by atoms with Crippen LogP contribution in [0, 0.1) is 5.92 Å². The Kier molecular flexibility index (Phi) is 7.38. The predicted octanol–water partition coefficient (Wildman–Crippen LogP) is 4.04. The number of benzene rings is 2. The Balaban J connectivity index is 1.41. The fourth-order valence-electron chi connectivity index (χ4n) is 3.99. The van der Waals surface area contributed by atoms with E-state index >= 15 is 0 Å². The second kappa shape index (κ2) is 10.3. The van der Waals surface area contributed by atoms with Crippen molar-refractivity contribution in [3.8, 4) is 5.69 Å². The number of carbonyl (C=O) groups is 1. The van der Waals surface area contributed by atoms with Crippen LogP contribution in [0.2, 0.25) is 10.0 Å². The zero-order valence-corrected chi connectivity index (χ0v) is 20.2. The number of hydrogen-bond acceptors (Lipinski definition) is 4. The number of carbonyl (C=O) groups excluding carboxylic acids is 1. The van der Waals surface area contributed by atoms with Crippen LogP contribution in [0.25, 0.3) is 5.69 Å². The van der Waals surface area contributed by atoms with Crippen LogP contribution < -0.4 is 5.32 Å². The van der Waals surface area contributed by atoms with Gasteiger partial charge in [-0.05, 0) is 36.6 Å². The number of sulfonamides is 1. The van der Waals surface area contributed by atoms with Gasteiger partial charge in [-0.1, -0.05) is 47.5 Å². The van der Waals surface area contributed by atoms with Gasteiger partial charge >= 0.3 is 0 Å². The van der Waals surface area contributed by atoms with Crippen LogP contribution in [0.5, 0.6) is 0 Å². The SMILES string of the molecule is O=C(NCc1ccccc1-n1ccnc1)[C@@H]1CCCN(S(=O)(=O)Cc2c(Cl)cccc2Cl)C1. The third-order valence-electron chi connectivity index (χ3n) is 5.76. The van der Waals surface area contributed by atoms with Crippen molar-refractivity contribution >= 4 is 39.1 Å². The van der Waals surface area contributed by atoms with Crippen molar-refractivity contribution in [2.24, 2.45) is 5.92 Å². The molecule has 174 valence electrons. The lowest BCUT2D eigenvalue weighted by Crippen LogP contribution is -2.45. The minimum atomic E-state index is -3.68. The molecule has 10 heteroatoms. The highest BCUT2D eigenvalue weighted by atomic mass is 35.5. The van der Waals surface area contributed by atoms with Crippen molar-refractivity contribution in [3.63, 3.8) is 0 Å². The highest BCUT2D eigenvalue weighted by Crippen LogP contribution is 2.29. The molecule has 2 heterocycles. The molecule has 1 saturated heterocycles. The minimum absolute atomic E-state index is 0.138. The van der Waals surface area contributed by atoms with Crippen LogP contribution >= 0.6 is 23.2 Å². The largest absolute Gasteiger partial charge is 0.352 e. The molecular formula is C23H24Cl2N4O3S. The highest BCUT2D eigenvalue weighted by molar-refractivity contribution is 7.88. The molecular weight excluding hydrogens is 483 g/mol. The van der Waals surface area contributed by atoms with Gasteiger partial charge in [0.05, 0.1) is 23.7 Å². The van der Waals surface area contributed by atoms with Gasteiger partial charge in [0.15, 0.2) is 0 Å². The van der Waals surface area contributed by atoms with Gasteiger partial charge in [0, 0.05) is 47.6 Å².